The Hall–Kier alpha value is -2.65. The van der Waals surface area contributed by atoms with Crippen LogP contribution in [0.4, 0.5) is 5.82 Å². The molecule has 150 valence electrons. The number of aromatic amines is 1. The minimum absolute atomic E-state index is 0.0601. The van der Waals surface area contributed by atoms with Crippen molar-refractivity contribution in [2.24, 2.45) is 0 Å². The Morgan fingerprint density at radius 1 is 1.18 bits per heavy atom. The van der Waals surface area contributed by atoms with E-state index in [2.05, 4.69) is 28.9 Å². The van der Waals surface area contributed by atoms with Crippen LogP contribution in [0, 0.1) is 0 Å². The number of rotatable bonds is 8. The molecule has 0 radical (unpaired) electrons. The first-order valence-electron chi connectivity index (χ1n) is 9.29. The van der Waals surface area contributed by atoms with E-state index in [9.17, 15) is 13.2 Å². The van der Waals surface area contributed by atoms with Crippen molar-refractivity contribution < 1.29 is 8.42 Å². The predicted molar refractivity (Wildman–Crippen MR) is 109 cm³/mol. The van der Waals surface area contributed by atoms with E-state index in [0.717, 1.165) is 26.1 Å². The van der Waals surface area contributed by atoms with Crippen molar-refractivity contribution in [3.05, 3.63) is 46.9 Å². The zero-order valence-corrected chi connectivity index (χ0v) is 16.9. The number of fused-ring (bicyclic) bond motifs is 1. The van der Waals surface area contributed by atoms with E-state index in [1.165, 1.54) is 18.3 Å². The maximum atomic E-state index is 13.2. The van der Waals surface area contributed by atoms with Gasteiger partial charge in [0, 0.05) is 11.9 Å². The summed E-state index contributed by atoms with van der Waals surface area (Å²) in [5.41, 5.74) is 6.06. The maximum Gasteiger partial charge on any atom is 0.288 e. The Balaban J connectivity index is 2.12. The molecule has 3 rings (SSSR count). The van der Waals surface area contributed by atoms with Gasteiger partial charge in [-0.3, -0.25) is 4.79 Å². The third-order valence-electron chi connectivity index (χ3n) is 4.94. The molecule has 28 heavy (non-hydrogen) atoms. The summed E-state index contributed by atoms with van der Waals surface area (Å²) < 4.78 is 28.0. The van der Waals surface area contributed by atoms with Gasteiger partial charge in [0.2, 0.25) is 9.84 Å². The van der Waals surface area contributed by atoms with Gasteiger partial charge in [0.1, 0.15) is 16.2 Å². The fourth-order valence-corrected chi connectivity index (χ4v) is 5.01. The lowest BCUT2D eigenvalue weighted by Gasteiger charge is -2.18. The average molecular weight is 404 g/mol. The number of hydrogen-bond acceptors (Lipinski definition) is 6. The molecule has 0 aliphatic heterocycles. The van der Waals surface area contributed by atoms with E-state index in [1.54, 1.807) is 22.8 Å². The minimum atomic E-state index is -3.89. The van der Waals surface area contributed by atoms with E-state index in [1.807, 2.05) is 0 Å². The minimum Gasteiger partial charge on any atom is -0.384 e. The summed E-state index contributed by atoms with van der Waals surface area (Å²) in [6.07, 6.45) is 2.09. The average Bonchev–Trinajstić information content (AvgIpc) is 2.99. The maximum absolute atomic E-state index is 13.2. The molecule has 0 spiro atoms. The molecule has 0 saturated carbocycles. The lowest BCUT2D eigenvalue weighted by Crippen LogP contribution is -2.25. The SMILES string of the molecule is CCN(CC)CCCn1c(N)c(S(=O)(=O)c2ccccc2)c2cn[nH]c(=O)c21. The molecule has 0 aliphatic rings. The third-order valence-corrected chi connectivity index (χ3v) is 6.80. The molecule has 9 heteroatoms. The number of hydrogen-bond donors (Lipinski definition) is 2. The Morgan fingerprint density at radius 2 is 1.86 bits per heavy atom. The normalized spacial score (nSPS) is 12.1. The van der Waals surface area contributed by atoms with Crippen LogP contribution >= 0.6 is 0 Å². The van der Waals surface area contributed by atoms with Gasteiger partial charge in [-0.15, -0.1) is 0 Å². The highest BCUT2D eigenvalue weighted by atomic mass is 32.2. The molecule has 0 bridgehead atoms. The van der Waals surface area contributed by atoms with Crippen LogP contribution in [0.2, 0.25) is 0 Å². The number of nitrogens with zero attached hydrogens (tertiary/aromatic N) is 3. The van der Waals surface area contributed by atoms with Gasteiger partial charge in [0.05, 0.1) is 11.1 Å². The molecule has 0 amide bonds. The van der Waals surface area contributed by atoms with Crippen LogP contribution in [0.5, 0.6) is 0 Å². The standard InChI is InChI=1S/C19H25N5O3S/c1-3-23(4-2)11-8-12-24-16-15(13-21-22-19(16)25)17(18(24)20)28(26,27)14-9-6-5-7-10-14/h5-7,9-10,13H,3-4,8,11-12,20H2,1-2H3,(H,22,25). The molecule has 3 aromatic rings. The summed E-state index contributed by atoms with van der Waals surface area (Å²) in [5.74, 6) is 0.0666. The number of aromatic nitrogens is 3. The van der Waals surface area contributed by atoms with E-state index >= 15 is 0 Å². The van der Waals surface area contributed by atoms with Crippen molar-refractivity contribution in [3.63, 3.8) is 0 Å². The Kier molecular flexibility index (Phi) is 5.85. The molecule has 2 aromatic heterocycles. The van der Waals surface area contributed by atoms with Crippen molar-refractivity contribution in [1.29, 1.82) is 0 Å². The number of nitrogens with one attached hydrogen (secondary N) is 1. The molecule has 8 nitrogen and oxygen atoms in total. The van der Waals surface area contributed by atoms with Gasteiger partial charge in [-0.25, -0.2) is 13.5 Å². The van der Waals surface area contributed by atoms with Crippen LogP contribution < -0.4 is 11.3 Å². The molecule has 2 heterocycles. The lowest BCUT2D eigenvalue weighted by atomic mass is 10.3. The highest BCUT2D eigenvalue weighted by Gasteiger charge is 2.29. The summed E-state index contributed by atoms with van der Waals surface area (Å²) in [7, 11) is -3.89. The van der Waals surface area contributed by atoms with Crippen LogP contribution in [0.1, 0.15) is 20.3 Å². The number of nitrogen functional groups attached to an aromatic ring is 1. The van der Waals surface area contributed by atoms with Crippen LogP contribution in [0.15, 0.2) is 51.1 Å². The van der Waals surface area contributed by atoms with Gasteiger partial charge >= 0.3 is 0 Å². The van der Waals surface area contributed by atoms with Gasteiger partial charge in [0.25, 0.3) is 5.56 Å². The molecular weight excluding hydrogens is 378 g/mol. The number of H-pyrrole nitrogens is 1. The smallest absolute Gasteiger partial charge is 0.288 e. The van der Waals surface area contributed by atoms with Crippen LogP contribution in [0.3, 0.4) is 0 Å². The Morgan fingerprint density at radius 3 is 2.50 bits per heavy atom. The van der Waals surface area contributed by atoms with Gasteiger partial charge in [-0.2, -0.15) is 5.10 Å². The second-order valence-electron chi connectivity index (χ2n) is 6.52. The topological polar surface area (TPSA) is 114 Å². The van der Waals surface area contributed by atoms with Crippen LogP contribution in [-0.2, 0) is 16.4 Å². The van der Waals surface area contributed by atoms with Gasteiger partial charge in [0.15, 0.2) is 0 Å². The van der Waals surface area contributed by atoms with Crippen molar-refractivity contribution >= 4 is 26.6 Å². The molecule has 3 N–H and O–H groups in total. The Bertz CT molecular complexity index is 1120. The fraction of sp³-hybridized carbons (Fsp3) is 0.368. The van der Waals surface area contributed by atoms with E-state index in [4.69, 9.17) is 5.73 Å². The monoisotopic (exact) mass is 403 g/mol. The van der Waals surface area contributed by atoms with Crippen molar-refractivity contribution in [2.75, 3.05) is 25.4 Å². The summed E-state index contributed by atoms with van der Waals surface area (Å²) in [4.78, 5) is 14.8. The summed E-state index contributed by atoms with van der Waals surface area (Å²) in [5, 5.41) is 6.41. The number of nitrogens with two attached hydrogens (primary N) is 1. The Labute approximate surface area is 163 Å². The fourth-order valence-electron chi connectivity index (χ4n) is 3.43. The number of benzene rings is 1. The molecule has 0 atom stereocenters. The van der Waals surface area contributed by atoms with Gasteiger partial charge in [-0.1, -0.05) is 32.0 Å². The van der Waals surface area contributed by atoms with Crippen molar-refractivity contribution in [2.45, 2.75) is 36.6 Å². The highest BCUT2D eigenvalue weighted by Crippen LogP contribution is 2.34. The van der Waals surface area contributed by atoms with Crippen molar-refractivity contribution in [3.8, 4) is 0 Å². The summed E-state index contributed by atoms with van der Waals surface area (Å²) in [6.45, 7) is 7.30. The first-order valence-corrected chi connectivity index (χ1v) is 10.8. The molecular formula is C19H25N5O3S. The van der Waals surface area contributed by atoms with E-state index < -0.39 is 15.4 Å². The quantitative estimate of drug-likeness (QED) is 0.593. The van der Waals surface area contributed by atoms with Gasteiger partial charge in [-0.05, 0) is 38.2 Å². The molecule has 0 fully saturated rings. The van der Waals surface area contributed by atoms with E-state index in [0.29, 0.717) is 6.54 Å². The molecule has 0 unspecified atom stereocenters. The summed E-state index contributed by atoms with van der Waals surface area (Å²) in [6, 6.07) is 8.07. The van der Waals surface area contributed by atoms with Gasteiger partial charge < -0.3 is 15.2 Å². The third kappa shape index (κ3) is 3.55. The second kappa shape index (κ2) is 8.15. The van der Waals surface area contributed by atoms with Crippen molar-refractivity contribution in [1.82, 2.24) is 19.7 Å². The number of anilines is 1. The first-order chi connectivity index (χ1) is 13.4. The molecule has 0 saturated heterocycles. The van der Waals surface area contributed by atoms with Crippen LogP contribution in [-0.4, -0.2) is 47.7 Å². The zero-order valence-electron chi connectivity index (χ0n) is 16.1. The molecule has 0 aliphatic carbocycles. The zero-order chi connectivity index (χ0) is 20.3. The lowest BCUT2D eigenvalue weighted by molar-refractivity contribution is 0.294. The van der Waals surface area contributed by atoms with Crippen LogP contribution in [0.25, 0.3) is 10.9 Å². The van der Waals surface area contributed by atoms with E-state index in [-0.39, 0.29) is 26.5 Å². The highest BCUT2D eigenvalue weighted by molar-refractivity contribution is 7.92. The largest absolute Gasteiger partial charge is 0.384 e. The molecule has 1 aromatic carbocycles. The number of sulfone groups is 1. The summed E-state index contributed by atoms with van der Waals surface area (Å²) >= 11 is 0. The predicted octanol–water partition coefficient (Wildman–Crippen LogP) is 1.87. The number of aryl methyl sites for hydroxylation is 1. The first kappa shape index (κ1) is 20.1. The second-order valence-corrected chi connectivity index (χ2v) is 8.41.